The van der Waals surface area contributed by atoms with Crippen LogP contribution in [0.25, 0.3) is 0 Å². The number of anilines is 1. The molecule has 0 aliphatic heterocycles. The number of rotatable bonds is 7. The normalized spacial score (nSPS) is 12.0. The van der Waals surface area contributed by atoms with Crippen LogP contribution < -0.4 is 10.6 Å². The molecular weight excluding hydrogens is 360 g/mol. The molecule has 1 aromatic carbocycles. The van der Waals surface area contributed by atoms with Gasteiger partial charge in [0.25, 0.3) is 0 Å². The third kappa shape index (κ3) is 5.65. The van der Waals surface area contributed by atoms with Crippen LogP contribution in [0.1, 0.15) is 24.1 Å². The van der Waals surface area contributed by atoms with E-state index in [1.165, 1.54) is 0 Å². The average molecular weight is 385 g/mol. The van der Waals surface area contributed by atoms with Crippen LogP contribution in [0.15, 0.2) is 58.0 Å². The molecule has 142 valence electrons. The first-order valence-corrected chi connectivity index (χ1v) is 9.82. The summed E-state index contributed by atoms with van der Waals surface area (Å²) in [7, 11) is 0. The van der Waals surface area contributed by atoms with Gasteiger partial charge in [-0.3, -0.25) is 4.68 Å². The van der Waals surface area contributed by atoms with E-state index in [9.17, 15) is 4.79 Å². The van der Waals surface area contributed by atoms with Gasteiger partial charge < -0.3 is 15.1 Å². The van der Waals surface area contributed by atoms with Gasteiger partial charge in [-0.15, -0.1) is 11.8 Å². The molecule has 0 saturated heterocycles. The fourth-order valence-corrected chi connectivity index (χ4v) is 3.54. The lowest BCUT2D eigenvalue weighted by Gasteiger charge is -2.16. The SMILES string of the molecule is Cc1cc(C)n(CC(C)NC(=O)Nc2ccc(SCc3ccco3)cc2)n1. The largest absolute Gasteiger partial charge is 0.468 e. The van der Waals surface area contributed by atoms with Crippen molar-refractivity contribution in [3.63, 3.8) is 0 Å². The van der Waals surface area contributed by atoms with Gasteiger partial charge in [0.2, 0.25) is 0 Å². The zero-order chi connectivity index (χ0) is 19.2. The summed E-state index contributed by atoms with van der Waals surface area (Å²) in [6.07, 6.45) is 1.68. The van der Waals surface area contributed by atoms with Crippen LogP contribution in [0.4, 0.5) is 10.5 Å². The van der Waals surface area contributed by atoms with E-state index in [0.29, 0.717) is 6.54 Å². The van der Waals surface area contributed by atoms with Crippen LogP contribution in [0.2, 0.25) is 0 Å². The number of hydrogen-bond donors (Lipinski definition) is 2. The molecule has 0 aliphatic carbocycles. The monoisotopic (exact) mass is 384 g/mol. The van der Waals surface area contributed by atoms with Crippen molar-refractivity contribution in [2.24, 2.45) is 0 Å². The summed E-state index contributed by atoms with van der Waals surface area (Å²) in [4.78, 5) is 13.3. The summed E-state index contributed by atoms with van der Waals surface area (Å²) in [6.45, 7) is 6.57. The van der Waals surface area contributed by atoms with Gasteiger partial charge >= 0.3 is 6.03 Å². The number of nitrogens with one attached hydrogen (secondary N) is 2. The smallest absolute Gasteiger partial charge is 0.319 e. The molecule has 2 N–H and O–H groups in total. The Bertz CT molecular complexity index is 872. The molecule has 0 bridgehead atoms. The highest BCUT2D eigenvalue weighted by Crippen LogP contribution is 2.24. The Kier molecular flexibility index (Phi) is 6.24. The highest BCUT2D eigenvalue weighted by Gasteiger charge is 2.10. The fraction of sp³-hybridized carbons (Fsp3) is 0.300. The quantitative estimate of drug-likeness (QED) is 0.584. The third-order valence-corrected chi connectivity index (χ3v) is 5.04. The summed E-state index contributed by atoms with van der Waals surface area (Å²) in [5.41, 5.74) is 2.83. The Morgan fingerprint density at radius 1 is 1.26 bits per heavy atom. The second kappa shape index (κ2) is 8.81. The van der Waals surface area contributed by atoms with E-state index in [4.69, 9.17) is 4.42 Å². The average Bonchev–Trinajstić information content (AvgIpc) is 3.24. The summed E-state index contributed by atoms with van der Waals surface area (Å²) in [6, 6.07) is 13.4. The molecule has 0 aliphatic rings. The lowest BCUT2D eigenvalue weighted by atomic mass is 10.3. The zero-order valence-corrected chi connectivity index (χ0v) is 16.5. The number of carbonyl (C=O) groups excluding carboxylic acids is 1. The number of hydrogen-bond acceptors (Lipinski definition) is 4. The van der Waals surface area contributed by atoms with Crippen LogP contribution in [0.3, 0.4) is 0 Å². The Hall–Kier alpha value is -2.67. The summed E-state index contributed by atoms with van der Waals surface area (Å²) in [5, 5.41) is 10.2. The maximum Gasteiger partial charge on any atom is 0.319 e. The molecule has 2 heterocycles. The first-order chi connectivity index (χ1) is 13.0. The van der Waals surface area contributed by atoms with Crippen molar-refractivity contribution in [1.29, 1.82) is 0 Å². The van der Waals surface area contributed by atoms with E-state index >= 15 is 0 Å². The van der Waals surface area contributed by atoms with Gasteiger partial charge in [0.05, 0.1) is 24.3 Å². The van der Waals surface area contributed by atoms with Crippen molar-refractivity contribution in [2.75, 3.05) is 5.32 Å². The first kappa shape index (κ1) is 19.1. The molecule has 2 amide bonds. The molecule has 0 fully saturated rings. The van der Waals surface area contributed by atoms with Crippen molar-refractivity contribution in [2.45, 2.75) is 44.0 Å². The standard InChI is InChI=1S/C20H24N4O2S/c1-14-11-16(3)24(23-14)12-15(2)21-20(25)22-17-6-8-19(9-7-17)27-13-18-5-4-10-26-18/h4-11,15H,12-13H2,1-3H3,(H2,21,22,25). The Balaban J connectivity index is 1.46. The van der Waals surface area contributed by atoms with Gasteiger partial charge in [-0.2, -0.15) is 5.10 Å². The molecule has 27 heavy (non-hydrogen) atoms. The minimum Gasteiger partial charge on any atom is -0.468 e. The number of thioether (sulfide) groups is 1. The topological polar surface area (TPSA) is 72.1 Å². The van der Waals surface area contributed by atoms with Gasteiger partial charge in [-0.05, 0) is 63.2 Å². The number of aromatic nitrogens is 2. The van der Waals surface area contributed by atoms with Crippen LogP contribution in [-0.2, 0) is 12.3 Å². The summed E-state index contributed by atoms with van der Waals surface area (Å²) in [5.74, 6) is 1.72. The summed E-state index contributed by atoms with van der Waals surface area (Å²) < 4.78 is 7.24. The molecule has 7 heteroatoms. The highest BCUT2D eigenvalue weighted by atomic mass is 32.2. The van der Waals surface area contributed by atoms with Crippen molar-refractivity contribution >= 4 is 23.5 Å². The van der Waals surface area contributed by atoms with Gasteiger partial charge in [0.1, 0.15) is 5.76 Å². The molecule has 0 saturated carbocycles. The molecule has 2 aromatic heterocycles. The maximum absolute atomic E-state index is 12.2. The second-order valence-corrected chi connectivity index (χ2v) is 7.55. The molecule has 6 nitrogen and oxygen atoms in total. The molecule has 0 spiro atoms. The Morgan fingerprint density at radius 2 is 2.04 bits per heavy atom. The van der Waals surface area contributed by atoms with Gasteiger partial charge in [-0.1, -0.05) is 0 Å². The number of amides is 2. The van der Waals surface area contributed by atoms with Gasteiger partial charge in [0, 0.05) is 22.3 Å². The van der Waals surface area contributed by atoms with Gasteiger partial charge in [-0.25, -0.2) is 4.79 Å². The van der Waals surface area contributed by atoms with Crippen LogP contribution >= 0.6 is 11.8 Å². The lowest BCUT2D eigenvalue weighted by molar-refractivity contribution is 0.247. The second-order valence-electron chi connectivity index (χ2n) is 6.50. The number of benzene rings is 1. The van der Waals surface area contributed by atoms with Crippen LogP contribution in [0, 0.1) is 13.8 Å². The van der Waals surface area contributed by atoms with E-state index in [0.717, 1.165) is 33.5 Å². The number of aryl methyl sites for hydroxylation is 2. The van der Waals surface area contributed by atoms with Gasteiger partial charge in [0.15, 0.2) is 0 Å². The van der Waals surface area contributed by atoms with E-state index < -0.39 is 0 Å². The molecular formula is C20H24N4O2S. The lowest BCUT2D eigenvalue weighted by Crippen LogP contribution is -2.38. The molecule has 1 unspecified atom stereocenters. The molecule has 3 aromatic rings. The summed E-state index contributed by atoms with van der Waals surface area (Å²) >= 11 is 1.69. The predicted molar refractivity (Wildman–Crippen MR) is 108 cm³/mol. The van der Waals surface area contributed by atoms with Crippen molar-refractivity contribution in [3.8, 4) is 0 Å². The van der Waals surface area contributed by atoms with E-state index in [2.05, 4.69) is 15.7 Å². The Morgan fingerprint density at radius 3 is 2.67 bits per heavy atom. The van der Waals surface area contributed by atoms with Crippen molar-refractivity contribution in [3.05, 3.63) is 65.9 Å². The number of urea groups is 1. The van der Waals surface area contributed by atoms with Crippen molar-refractivity contribution in [1.82, 2.24) is 15.1 Å². The minimum absolute atomic E-state index is 0.0360. The number of furan rings is 1. The van der Waals surface area contributed by atoms with Crippen molar-refractivity contribution < 1.29 is 9.21 Å². The minimum atomic E-state index is -0.222. The fourth-order valence-electron chi connectivity index (χ4n) is 2.74. The molecule has 0 radical (unpaired) electrons. The molecule has 3 rings (SSSR count). The zero-order valence-electron chi connectivity index (χ0n) is 15.7. The third-order valence-electron chi connectivity index (χ3n) is 4.00. The molecule has 1 atom stereocenters. The maximum atomic E-state index is 12.2. The Labute approximate surface area is 163 Å². The predicted octanol–water partition coefficient (Wildman–Crippen LogP) is 4.60. The van der Waals surface area contributed by atoms with Crippen LogP contribution in [-0.4, -0.2) is 21.9 Å². The highest BCUT2D eigenvalue weighted by molar-refractivity contribution is 7.98. The number of carbonyl (C=O) groups is 1. The number of nitrogens with zero attached hydrogens (tertiary/aromatic N) is 2. The van der Waals surface area contributed by atoms with E-state index in [-0.39, 0.29) is 12.1 Å². The van der Waals surface area contributed by atoms with E-state index in [1.807, 2.05) is 67.9 Å². The van der Waals surface area contributed by atoms with E-state index in [1.54, 1.807) is 18.0 Å². The van der Waals surface area contributed by atoms with Crippen LogP contribution in [0.5, 0.6) is 0 Å². The first-order valence-electron chi connectivity index (χ1n) is 8.83.